The molecule has 1 aliphatic rings. The van der Waals surface area contributed by atoms with E-state index in [1.165, 1.54) is 34.1 Å². The molecular formula is C42H52N4O9S2. The maximum absolute atomic E-state index is 14.2. The van der Waals surface area contributed by atoms with Gasteiger partial charge >= 0.3 is 0 Å². The minimum absolute atomic E-state index is 0.0516. The van der Waals surface area contributed by atoms with E-state index in [0.29, 0.717) is 0 Å². The van der Waals surface area contributed by atoms with Gasteiger partial charge in [0.15, 0.2) is 0 Å². The van der Waals surface area contributed by atoms with Crippen molar-refractivity contribution in [2.24, 2.45) is 0 Å². The number of nitrogens with zero attached hydrogens (tertiary/aromatic N) is 2. The molecule has 0 spiro atoms. The molecule has 2 N–H and O–H groups in total. The van der Waals surface area contributed by atoms with E-state index in [4.69, 9.17) is 14.2 Å². The Morgan fingerprint density at radius 2 is 0.825 bits per heavy atom. The largest absolute Gasteiger partial charge is 0.378 e. The topological polar surface area (TPSA) is 161 Å². The van der Waals surface area contributed by atoms with Crippen molar-refractivity contribution in [3.63, 3.8) is 0 Å². The lowest BCUT2D eigenvalue weighted by Gasteiger charge is -2.29. The summed E-state index contributed by atoms with van der Waals surface area (Å²) in [5, 5.41) is 0. The van der Waals surface area contributed by atoms with Crippen LogP contribution in [0.15, 0.2) is 119 Å². The molecule has 2 atom stereocenters. The van der Waals surface area contributed by atoms with Gasteiger partial charge in [-0.2, -0.15) is 9.44 Å². The Morgan fingerprint density at radius 3 is 1.16 bits per heavy atom. The van der Waals surface area contributed by atoms with E-state index >= 15 is 0 Å². The van der Waals surface area contributed by atoms with Crippen molar-refractivity contribution in [1.82, 2.24) is 19.2 Å². The van der Waals surface area contributed by atoms with Gasteiger partial charge in [-0.15, -0.1) is 0 Å². The van der Waals surface area contributed by atoms with Gasteiger partial charge in [0.25, 0.3) is 0 Å². The van der Waals surface area contributed by atoms with E-state index in [9.17, 15) is 26.4 Å². The minimum atomic E-state index is -4.06. The van der Waals surface area contributed by atoms with Gasteiger partial charge in [0.1, 0.15) is 12.1 Å². The third-order valence-corrected chi connectivity index (χ3v) is 12.4. The summed E-state index contributed by atoms with van der Waals surface area (Å²) in [6.45, 7) is 5.25. The number of amides is 2. The first kappa shape index (κ1) is 43.6. The maximum atomic E-state index is 14.2. The lowest BCUT2D eigenvalue weighted by molar-refractivity contribution is -0.134. The molecule has 0 saturated carbocycles. The second kappa shape index (κ2) is 21.3. The molecule has 13 nitrogen and oxygen atoms in total. The van der Waals surface area contributed by atoms with Crippen LogP contribution in [0, 0.1) is 13.8 Å². The van der Waals surface area contributed by atoms with Crippen molar-refractivity contribution in [3.8, 4) is 0 Å². The molecule has 1 fully saturated rings. The number of carbonyl (C=O) groups is 2. The molecule has 4 aromatic carbocycles. The van der Waals surface area contributed by atoms with E-state index in [-0.39, 0.29) is 88.5 Å². The van der Waals surface area contributed by atoms with Crippen LogP contribution in [0.5, 0.6) is 0 Å². The Hall–Kier alpha value is -4.48. The molecule has 1 aliphatic heterocycles. The van der Waals surface area contributed by atoms with Crippen molar-refractivity contribution in [3.05, 3.63) is 131 Å². The van der Waals surface area contributed by atoms with Crippen LogP contribution in [-0.2, 0) is 56.7 Å². The third kappa shape index (κ3) is 13.6. The van der Waals surface area contributed by atoms with Crippen LogP contribution in [0.1, 0.15) is 22.3 Å². The van der Waals surface area contributed by atoms with Crippen LogP contribution in [-0.4, -0.2) is 116 Å². The van der Waals surface area contributed by atoms with Gasteiger partial charge in [0, 0.05) is 26.2 Å². The number of ether oxygens (including phenoxy) is 3. The Morgan fingerprint density at radius 1 is 0.509 bits per heavy atom. The molecule has 0 aromatic heterocycles. The minimum Gasteiger partial charge on any atom is -0.378 e. The predicted molar refractivity (Wildman–Crippen MR) is 216 cm³/mol. The van der Waals surface area contributed by atoms with Gasteiger partial charge < -0.3 is 24.0 Å². The average Bonchev–Trinajstić information content (AvgIpc) is 3.21. The van der Waals surface area contributed by atoms with E-state index < -0.39 is 43.9 Å². The summed E-state index contributed by atoms with van der Waals surface area (Å²) < 4.78 is 77.0. The Balaban J connectivity index is 1.30. The molecule has 15 heteroatoms. The van der Waals surface area contributed by atoms with Gasteiger partial charge in [0.2, 0.25) is 31.9 Å². The second-order valence-electron chi connectivity index (χ2n) is 13.8. The van der Waals surface area contributed by atoms with Crippen LogP contribution >= 0.6 is 0 Å². The molecule has 306 valence electrons. The predicted octanol–water partition coefficient (Wildman–Crippen LogP) is 3.50. The number of carbonyl (C=O) groups excluding carboxylic acids is 2. The maximum Gasteiger partial charge on any atom is 0.241 e. The SMILES string of the molecule is Cc1ccc(S(=O)(=O)NC(Cc2ccccc2)C(=O)N2CCOCCOCCN(C(=O)C(Cc3ccccc3)NS(=O)(=O)c3ccc(C)cc3)CCOCC2)cc1. The molecule has 0 radical (unpaired) electrons. The van der Waals surface area contributed by atoms with Crippen LogP contribution in [0.2, 0.25) is 0 Å². The summed E-state index contributed by atoms with van der Waals surface area (Å²) in [4.78, 5) is 31.6. The van der Waals surface area contributed by atoms with Gasteiger partial charge in [-0.3, -0.25) is 9.59 Å². The highest BCUT2D eigenvalue weighted by Crippen LogP contribution is 2.16. The number of aryl methyl sites for hydroxylation is 2. The molecule has 5 rings (SSSR count). The highest BCUT2D eigenvalue weighted by atomic mass is 32.2. The highest BCUT2D eigenvalue weighted by Gasteiger charge is 2.31. The Kier molecular flexibility index (Phi) is 16.3. The van der Waals surface area contributed by atoms with Crippen molar-refractivity contribution in [1.29, 1.82) is 0 Å². The summed E-state index contributed by atoms with van der Waals surface area (Å²) in [5.74, 6) is -0.882. The van der Waals surface area contributed by atoms with Crippen LogP contribution < -0.4 is 9.44 Å². The number of nitrogens with one attached hydrogen (secondary N) is 2. The smallest absolute Gasteiger partial charge is 0.241 e. The highest BCUT2D eigenvalue weighted by molar-refractivity contribution is 7.89. The van der Waals surface area contributed by atoms with E-state index in [1.807, 2.05) is 74.5 Å². The summed E-state index contributed by atoms with van der Waals surface area (Å²) in [6.07, 6.45) is 0.234. The molecule has 1 heterocycles. The van der Waals surface area contributed by atoms with Crippen LogP contribution in [0.4, 0.5) is 0 Å². The first-order chi connectivity index (χ1) is 27.4. The van der Waals surface area contributed by atoms with Crippen LogP contribution in [0.3, 0.4) is 0 Å². The fourth-order valence-corrected chi connectivity index (χ4v) is 8.61. The molecule has 2 amide bonds. The first-order valence-corrected chi connectivity index (χ1v) is 21.9. The normalized spacial score (nSPS) is 16.5. The number of hydrogen-bond donors (Lipinski definition) is 2. The molecule has 0 bridgehead atoms. The molecule has 2 unspecified atom stereocenters. The second-order valence-corrected chi connectivity index (χ2v) is 17.3. The fraction of sp³-hybridized carbons (Fsp3) is 0.381. The fourth-order valence-electron chi connectivity index (χ4n) is 6.23. The van der Waals surface area contributed by atoms with Crippen molar-refractivity contribution >= 4 is 31.9 Å². The zero-order valence-electron chi connectivity index (χ0n) is 32.4. The standard InChI is InChI=1S/C42H52N4O9S2/c1-33-13-17-37(18-14-33)56(49,50)43-39(31-35-9-5-3-6-10-35)41(47)45-21-25-53-26-22-46(24-28-55-30-29-54-27-23-45)42(48)40(32-36-11-7-4-8-12-36)44-57(51,52)38-19-15-34(2)16-20-38/h3-20,39-40,43-44H,21-32H2,1-2H3. The van der Waals surface area contributed by atoms with Gasteiger partial charge in [-0.1, -0.05) is 96.1 Å². The van der Waals surface area contributed by atoms with E-state index in [0.717, 1.165) is 22.3 Å². The lowest BCUT2D eigenvalue weighted by Crippen LogP contribution is -2.51. The van der Waals surface area contributed by atoms with Crippen molar-refractivity contribution in [2.45, 2.75) is 48.6 Å². The van der Waals surface area contributed by atoms with Gasteiger partial charge in [0.05, 0.1) is 49.4 Å². The monoisotopic (exact) mass is 820 g/mol. The Bertz CT molecular complexity index is 1940. The summed E-state index contributed by atoms with van der Waals surface area (Å²) >= 11 is 0. The zero-order valence-corrected chi connectivity index (χ0v) is 34.1. The zero-order chi connectivity index (χ0) is 40.7. The summed E-state index contributed by atoms with van der Waals surface area (Å²) in [7, 11) is -8.12. The van der Waals surface area contributed by atoms with Crippen molar-refractivity contribution < 1.29 is 40.6 Å². The summed E-state index contributed by atoms with van der Waals surface area (Å²) in [6, 6.07) is 28.9. The quantitative estimate of drug-likeness (QED) is 0.218. The molecule has 57 heavy (non-hydrogen) atoms. The number of hydrogen-bond acceptors (Lipinski definition) is 9. The Labute approximate surface area is 336 Å². The number of sulfonamides is 2. The third-order valence-electron chi connectivity index (χ3n) is 9.44. The van der Waals surface area contributed by atoms with Crippen LogP contribution in [0.25, 0.3) is 0 Å². The van der Waals surface area contributed by atoms with E-state index in [1.54, 1.807) is 24.3 Å². The number of benzene rings is 4. The molecule has 0 aliphatic carbocycles. The summed E-state index contributed by atoms with van der Waals surface area (Å²) in [5.41, 5.74) is 3.36. The molecular weight excluding hydrogens is 769 g/mol. The average molecular weight is 821 g/mol. The van der Waals surface area contributed by atoms with Gasteiger partial charge in [-0.05, 0) is 62.1 Å². The number of rotatable bonds is 12. The lowest BCUT2D eigenvalue weighted by atomic mass is 10.1. The van der Waals surface area contributed by atoms with Gasteiger partial charge in [-0.25, -0.2) is 16.8 Å². The molecule has 4 aromatic rings. The van der Waals surface area contributed by atoms with Crippen molar-refractivity contribution in [2.75, 3.05) is 65.8 Å². The first-order valence-electron chi connectivity index (χ1n) is 19.0. The molecule has 1 saturated heterocycles. The van der Waals surface area contributed by atoms with E-state index in [2.05, 4.69) is 9.44 Å².